The van der Waals surface area contributed by atoms with Crippen LogP contribution < -0.4 is 10.9 Å². The molecular formula is C28H29F3N2O4. The average molecular weight is 515 g/mol. The van der Waals surface area contributed by atoms with Crippen LogP contribution >= 0.6 is 0 Å². The van der Waals surface area contributed by atoms with Crippen LogP contribution in [0.5, 0.6) is 0 Å². The van der Waals surface area contributed by atoms with Gasteiger partial charge in [0.15, 0.2) is 0 Å². The molecule has 1 amide bonds. The van der Waals surface area contributed by atoms with Crippen molar-refractivity contribution >= 4 is 11.9 Å². The largest absolute Gasteiger partial charge is 0.480 e. The monoisotopic (exact) mass is 514 g/mol. The van der Waals surface area contributed by atoms with Crippen LogP contribution in [0.15, 0.2) is 53.3 Å². The van der Waals surface area contributed by atoms with Gasteiger partial charge in [0.25, 0.3) is 11.5 Å². The Labute approximate surface area is 212 Å². The molecule has 0 saturated heterocycles. The number of carbonyl (C=O) groups is 2. The number of pyridine rings is 1. The van der Waals surface area contributed by atoms with E-state index >= 15 is 0 Å². The van der Waals surface area contributed by atoms with E-state index in [1.165, 1.54) is 38.2 Å². The summed E-state index contributed by atoms with van der Waals surface area (Å²) in [5, 5.41) is 12.3. The zero-order valence-corrected chi connectivity index (χ0v) is 21.1. The minimum absolute atomic E-state index is 0.0664. The summed E-state index contributed by atoms with van der Waals surface area (Å²) in [6.07, 6.45) is -3.33. The molecule has 1 aromatic heterocycles. The number of carbonyl (C=O) groups excluding carboxylic acids is 1. The number of aliphatic carboxylic acids is 1. The highest BCUT2D eigenvalue weighted by atomic mass is 19.4. The number of amides is 1. The van der Waals surface area contributed by atoms with Crippen molar-refractivity contribution in [2.45, 2.75) is 52.3 Å². The molecule has 0 aliphatic heterocycles. The van der Waals surface area contributed by atoms with Crippen molar-refractivity contribution in [3.63, 3.8) is 0 Å². The number of carboxylic acid groups (broad SMARTS) is 1. The van der Waals surface area contributed by atoms with Gasteiger partial charge in [0, 0.05) is 24.7 Å². The summed E-state index contributed by atoms with van der Waals surface area (Å²) in [7, 11) is 1.40. The first-order chi connectivity index (χ1) is 17.3. The fourth-order valence-electron chi connectivity index (χ4n) is 4.33. The number of aromatic nitrogens is 1. The van der Waals surface area contributed by atoms with E-state index in [2.05, 4.69) is 5.32 Å². The molecule has 0 aliphatic rings. The smallest absolute Gasteiger partial charge is 0.417 e. The van der Waals surface area contributed by atoms with Gasteiger partial charge in [-0.2, -0.15) is 13.2 Å². The minimum Gasteiger partial charge on any atom is -0.480 e. The summed E-state index contributed by atoms with van der Waals surface area (Å²) < 4.78 is 42.2. The molecule has 0 aliphatic carbocycles. The van der Waals surface area contributed by atoms with Crippen LogP contribution in [0.1, 0.15) is 51.7 Å². The van der Waals surface area contributed by atoms with Crippen LogP contribution in [0.4, 0.5) is 13.2 Å². The Bertz CT molecular complexity index is 1380. The number of hydrogen-bond donors (Lipinski definition) is 2. The zero-order chi connectivity index (χ0) is 27.5. The topological polar surface area (TPSA) is 88.4 Å². The Morgan fingerprint density at radius 3 is 2.30 bits per heavy atom. The van der Waals surface area contributed by atoms with Gasteiger partial charge in [0.2, 0.25) is 0 Å². The Morgan fingerprint density at radius 2 is 1.73 bits per heavy atom. The highest BCUT2D eigenvalue weighted by molar-refractivity contribution is 5.99. The maximum atomic E-state index is 13.7. The van der Waals surface area contributed by atoms with Crippen LogP contribution in [0.3, 0.4) is 0 Å². The maximum absolute atomic E-state index is 13.7. The van der Waals surface area contributed by atoms with E-state index in [-0.39, 0.29) is 17.7 Å². The first-order valence-corrected chi connectivity index (χ1v) is 11.8. The number of nitrogens with zero attached hydrogens (tertiary/aromatic N) is 1. The quantitative estimate of drug-likeness (QED) is 0.440. The molecule has 0 radical (unpaired) electrons. The summed E-state index contributed by atoms with van der Waals surface area (Å²) in [5.74, 6) is -1.74. The third-order valence-corrected chi connectivity index (χ3v) is 6.37. The summed E-state index contributed by atoms with van der Waals surface area (Å²) in [5.41, 5.74) is 0.442. The maximum Gasteiger partial charge on any atom is 0.417 e. The standard InChI is InChI=1S/C28H29F3N2O4/c1-5-7-19-9-6-8-16(2)23(19)25(34)32-22(27(36)37)15-18-10-12-20(13-11-18)24-21(28(29,30)31)14-17(3)33(4)26(24)35/h6,8-14,22H,5,7,15H2,1-4H3,(H,32,34)(H,36,37). The highest BCUT2D eigenvalue weighted by Crippen LogP contribution is 2.35. The van der Waals surface area contributed by atoms with Gasteiger partial charge in [-0.15, -0.1) is 0 Å². The lowest BCUT2D eigenvalue weighted by Gasteiger charge is -2.18. The van der Waals surface area contributed by atoms with Crippen molar-refractivity contribution in [1.29, 1.82) is 0 Å². The third-order valence-electron chi connectivity index (χ3n) is 6.37. The lowest BCUT2D eigenvalue weighted by molar-refractivity contribution is -0.139. The number of benzene rings is 2. The number of hydrogen-bond acceptors (Lipinski definition) is 3. The second-order valence-corrected chi connectivity index (χ2v) is 9.06. The van der Waals surface area contributed by atoms with Crippen LogP contribution in [0.25, 0.3) is 11.1 Å². The van der Waals surface area contributed by atoms with Gasteiger partial charge in [0.05, 0.1) is 11.1 Å². The summed E-state index contributed by atoms with van der Waals surface area (Å²) in [4.78, 5) is 37.7. The van der Waals surface area contributed by atoms with Crippen molar-refractivity contribution in [2.75, 3.05) is 0 Å². The van der Waals surface area contributed by atoms with Crippen LogP contribution in [-0.4, -0.2) is 27.6 Å². The van der Waals surface area contributed by atoms with Crippen LogP contribution in [0, 0.1) is 13.8 Å². The molecular weight excluding hydrogens is 485 g/mol. The molecule has 196 valence electrons. The molecule has 0 fully saturated rings. The molecule has 0 saturated carbocycles. The molecule has 1 unspecified atom stereocenters. The van der Waals surface area contributed by atoms with Gasteiger partial charge in [-0.05, 0) is 48.6 Å². The molecule has 0 spiro atoms. The SMILES string of the molecule is CCCc1cccc(C)c1C(=O)NC(Cc1ccc(-c2c(C(F)(F)F)cc(C)n(C)c2=O)cc1)C(=O)O. The molecule has 6 nitrogen and oxygen atoms in total. The first-order valence-electron chi connectivity index (χ1n) is 11.8. The molecule has 37 heavy (non-hydrogen) atoms. The summed E-state index contributed by atoms with van der Waals surface area (Å²) in [6, 6.07) is 10.8. The van der Waals surface area contributed by atoms with E-state index in [0.717, 1.165) is 28.2 Å². The minimum atomic E-state index is -4.73. The zero-order valence-electron chi connectivity index (χ0n) is 21.1. The molecule has 1 atom stereocenters. The van der Waals surface area contributed by atoms with Gasteiger partial charge < -0.3 is 15.0 Å². The third kappa shape index (κ3) is 6.10. The second-order valence-electron chi connectivity index (χ2n) is 9.06. The first kappa shape index (κ1) is 27.7. The van der Waals surface area contributed by atoms with Crippen LogP contribution in [-0.2, 0) is 30.9 Å². The van der Waals surface area contributed by atoms with E-state index in [1.54, 1.807) is 13.0 Å². The number of carboxylic acids is 1. The predicted molar refractivity (Wildman–Crippen MR) is 135 cm³/mol. The van der Waals surface area contributed by atoms with Crippen molar-refractivity contribution in [3.05, 3.63) is 92.4 Å². The Hall–Kier alpha value is -3.88. The molecule has 3 rings (SSSR count). The molecule has 9 heteroatoms. The number of alkyl halides is 3. The number of nitrogens with one attached hydrogen (secondary N) is 1. The lowest BCUT2D eigenvalue weighted by Crippen LogP contribution is -2.42. The number of halogens is 3. The van der Waals surface area contributed by atoms with Gasteiger partial charge in [-0.1, -0.05) is 55.8 Å². The van der Waals surface area contributed by atoms with Crippen molar-refractivity contribution < 1.29 is 27.9 Å². The van der Waals surface area contributed by atoms with Gasteiger partial charge >= 0.3 is 12.1 Å². The molecule has 3 aromatic rings. The fraction of sp³-hybridized carbons (Fsp3) is 0.321. The fourth-order valence-corrected chi connectivity index (χ4v) is 4.33. The van der Waals surface area contributed by atoms with E-state index in [9.17, 15) is 32.7 Å². The van der Waals surface area contributed by atoms with Gasteiger partial charge in [0.1, 0.15) is 6.04 Å². The second kappa shape index (κ2) is 11.0. The van der Waals surface area contributed by atoms with Crippen LogP contribution in [0.2, 0.25) is 0 Å². The lowest BCUT2D eigenvalue weighted by atomic mass is 9.96. The van der Waals surface area contributed by atoms with Crippen molar-refractivity contribution in [3.8, 4) is 11.1 Å². The number of aryl methyl sites for hydroxylation is 3. The highest BCUT2D eigenvalue weighted by Gasteiger charge is 2.36. The van der Waals surface area contributed by atoms with E-state index in [0.29, 0.717) is 17.5 Å². The van der Waals surface area contributed by atoms with E-state index in [4.69, 9.17) is 0 Å². The van der Waals surface area contributed by atoms with Crippen molar-refractivity contribution in [2.24, 2.45) is 7.05 Å². The predicted octanol–water partition coefficient (Wildman–Crippen LogP) is 5.07. The van der Waals surface area contributed by atoms with Crippen molar-refractivity contribution in [1.82, 2.24) is 9.88 Å². The average Bonchev–Trinajstić information content (AvgIpc) is 2.82. The Morgan fingerprint density at radius 1 is 1.08 bits per heavy atom. The molecule has 0 bridgehead atoms. The van der Waals surface area contributed by atoms with E-state index in [1.807, 2.05) is 19.1 Å². The summed E-state index contributed by atoms with van der Waals surface area (Å²) in [6.45, 7) is 5.19. The molecule has 1 heterocycles. The van der Waals surface area contributed by atoms with Gasteiger partial charge in [-0.3, -0.25) is 9.59 Å². The molecule has 2 N–H and O–H groups in total. The normalized spacial score (nSPS) is 12.3. The summed E-state index contributed by atoms with van der Waals surface area (Å²) >= 11 is 0. The Kier molecular flexibility index (Phi) is 8.25. The van der Waals surface area contributed by atoms with Gasteiger partial charge in [-0.25, -0.2) is 4.79 Å². The molecule has 2 aromatic carbocycles. The Balaban J connectivity index is 1.90. The number of rotatable bonds is 8. The van der Waals surface area contributed by atoms with E-state index < -0.39 is 40.8 Å².